The van der Waals surface area contributed by atoms with E-state index in [1.54, 1.807) is 22.8 Å². The predicted molar refractivity (Wildman–Crippen MR) is 76.0 cm³/mol. The fourth-order valence-electron chi connectivity index (χ4n) is 2.35. The van der Waals surface area contributed by atoms with Crippen LogP contribution in [0.15, 0.2) is 18.2 Å². The van der Waals surface area contributed by atoms with E-state index in [0.717, 1.165) is 0 Å². The Morgan fingerprint density at radius 1 is 1.14 bits per heavy atom. The Balaban J connectivity index is 2.16. The summed E-state index contributed by atoms with van der Waals surface area (Å²) in [7, 11) is 0. The van der Waals surface area contributed by atoms with Crippen LogP contribution in [0, 0.1) is 17.0 Å². The molecule has 0 aromatic heterocycles. The fourth-order valence-corrected chi connectivity index (χ4v) is 2.35. The summed E-state index contributed by atoms with van der Waals surface area (Å²) in [5.41, 5.74) is 0.964. The number of hydrogen-bond donors (Lipinski definition) is 0. The number of carbonyl (C=O) groups is 2. The summed E-state index contributed by atoms with van der Waals surface area (Å²) in [6, 6.07) is 4.28. The molecule has 0 spiro atoms. The molecule has 0 N–H and O–H groups in total. The zero-order valence-electron chi connectivity index (χ0n) is 12.0. The number of rotatable bonds is 2. The van der Waals surface area contributed by atoms with Crippen molar-refractivity contribution in [3.63, 3.8) is 0 Å². The van der Waals surface area contributed by atoms with E-state index in [1.807, 2.05) is 0 Å². The summed E-state index contributed by atoms with van der Waals surface area (Å²) in [6.07, 6.45) is 0. The van der Waals surface area contributed by atoms with Crippen molar-refractivity contribution in [2.75, 3.05) is 26.2 Å². The minimum absolute atomic E-state index is 0.00590. The van der Waals surface area contributed by atoms with Gasteiger partial charge in [0, 0.05) is 50.8 Å². The first-order valence-corrected chi connectivity index (χ1v) is 6.70. The molecule has 2 amide bonds. The minimum atomic E-state index is -0.510. The molecule has 0 atom stereocenters. The van der Waals surface area contributed by atoms with Crippen LogP contribution >= 0.6 is 0 Å². The fraction of sp³-hybridized carbons (Fsp3) is 0.429. The van der Waals surface area contributed by atoms with Gasteiger partial charge in [0.2, 0.25) is 5.91 Å². The van der Waals surface area contributed by atoms with Crippen LogP contribution in [-0.4, -0.2) is 52.7 Å². The molecule has 1 aliphatic heterocycles. The second kappa shape index (κ2) is 5.90. The highest BCUT2D eigenvalue weighted by molar-refractivity contribution is 5.96. The molecule has 7 heteroatoms. The van der Waals surface area contributed by atoms with Gasteiger partial charge in [-0.15, -0.1) is 0 Å². The predicted octanol–water partition coefficient (Wildman–Crippen LogP) is 1.21. The third-order valence-corrected chi connectivity index (χ3v) is 3.67. The van der Waals surface area contributed by atoms with Crippen LogP contribution in [0.3, 0.4) is 0 Å². The number of amides is 2. The average Bonchev–Trinajstić information content (AvgIpc) is 2.47. The van der Waals surface area contributed by atoms with E-state index in [-0.39, 0.29) is 17.5 Å². The number of nitro benzene ring substituents is 1. The molecular weight excluding hydrogens is 274 g/mol. The lowest BCUT2D eigenvalue weighted by Gasteiger charge is -2.34. The van der Waals surface area contributed by atoms with Gasteiger partial charge < -0.3 is 9.80 Å². The highest BCUT2D eigenvalue weighted by Crippen LogP contribution is 2.19. The number of nitrogens with zero attached hydrogens (tertiary/aromatic N) is 3. The van der Waals surface area contributed by atoms with Crippen molar-refractivity contribution in [3.05, 3.63) is 39.4 Å². The molecule has 1 aromatic carbocycles. The third-order valence-electron chi connectivity index (χ3n) is 3.67. The van der Waals surface area contributed by atoms with E-state index in [9.17, 15) is 19.7 Å². The van der Waals surface area contributed by atoms with E-state index in [2.05, 4.69) is 0 Å². The van der Waals surface area contributed by atoms with Gasteiger partial charge in [0.15, 0.2) is 0 Å². The molecule has 0 radical (unpaired) electrons. The summed E-state index contributed by atoms with van der Waals surface area (Å²) in [4.78, 5) is 37.4. The number of nitro groups is 1. The molecule has 0 aliphatic carbocycles. The van der Waals surface area contributed by atoms with E-state index >= 15 is 0 Å². The molecule has 2 rings (SSSR count). The van der Waals surface area contributed by atoms with Crippen LogP contribution in [0.25, 0.3) is 0 Å². The minimum Gasteiger partial charge on any atom is -0.339 e. The summed E-state index contributed by atoms with van der Waals surface area (Å²) >= 11 is 0. The summed E-state index contributed by atoms with van der Waals surface area (Å²) in [5.74, 6) is -0.229. The average molecular weight is 291 g/mol. The molecule has 1 saturated heterocycles. The Morgan fingerprint density at radius 3 is 2.24 bits per heavy atom. The van der Waals surface area contributed by atoms with Crippen molar-refractivity contribution in [3.8, 4) is 0 Å². The van der Waals surface area contributed by atoms with Gasteiger partial charge in [-0.2, -0.15) is 0 Å². The van der Waals surface area contributed by atoms with Gasteiger partial charge in [0.05, 0.1) is 4.92 Å². The second-order valence-electron chi connectivity index (χ2n) is 5.05. The first kappa shape index (κ1) is 15.0. The van der Waals surface area contributed by atoms with Gasteiger partial charge in [-0.05, 0) is 12.5 Å². The maximum Gasteiger partial charge on any atom is 0.270 e. The standard InChI is InChI=1S/C14H17N3O4/c1-10-3-4-12(17(20)21)9-13(10)14(19)16-7-5-15(6-8-16)11(2)18/h3-4,9H,5-8H2,1-2H3. The molecule has 0 saturated carbocycles. The Kier molecular flexibility index (Phi) is 4.21. The van der Waals surface area contributed by atoms with Crippen molar-refractivity contribution in [2.45, 2.75) is 13.8 Å². The maximum absolute atomic E-state index is 12.5. The van der Waals surface area contributed by atoms with Crippen LogP contribution in [0.5, 0.6) is 0 Å². The smallest absolute Gasteiger partial charge is 0.270 e. The topological polar surface area (TPSA) is 83.8 Å². The molecule has 21 heavy (non-hydrogen) atoms. The van der Waals surface area contributed by atoms with Crippen LogP contribution in [0.2, 0.25) is 0 Å². The summed E-state index contributed by atoms with van der Waals surface area (Å²) in [6.45, 7) is 5.14. The lowest BCUT2D eigenvalue weighted by atomic mass is 10.1. The molecule has 7 nitrogen and oxygen atoms in total. The summed E-state index contributed by atoms with van der Waals surface area (Å²) in [5, 5.41) is 10.8. The first-order chi connectivity index (χ1) is 9.90. The molecule has 0 bridgehead atoms. The maximum atomic E-state index is 12.5. The van der Waals surface area contributed by atoms with E-state index < -0.39 is 4.92 Å². The Bertz CT molecular complexity index is 592. The van der Waals surface area contributed by atoms with Crippen LogP contribution in [0.1, 0.15) is 22.8 Å². The Hall–Kier alpha value is -2.44. The van der Waals surface area contributed by atoms with Gasteiger partial charge in [0.1, 0.15) is 0 Å². The molecule has 1 heterocycles. The van der Waals surface area contributed by atoms with Gasteiger partial charge in [0.25, 0.3) is 11.6 Å². The molecule has 0 unspecified atom stereocenters. The van der Waals surface area contributed by atoms with Gasteiger partial charge >= 0.3 is 0 Å². The first-order valence-electron chi connectivity index (χ1n) is 6.70. The molecular formula is C14H17N3O4. The van der Waals surface area contributed by atoms with E-state index in [0.29, 0.717) is 37.3 Å². The number of benzene rings is 1. The summed E-state index contributed by atoms with van der Waals surface area (Å²) < 4.78 is 0. The zero-order chi connectivity index (χ0) is 15.6. The monoisotopic (exact) mass is 291 g/mol. The van der Waals surface area contributed by atoms with E-state index in [1.165, 1.54) is 19.1 Å². The molecule has 112 valence electrons. The lowest BCUT2D eigenvalue weighted by Crippen LogP contribution is -2.50. The third kappa shape index (κ3) is 3.18. The number of hydrogen-bond acceptors (Lipinski definition) is 4. The number of piperazine rings is 1. The van der Waals surface area contributed by atoms with Crippen molar-refractivity contribution in [1.82, 2.24) is 9.80 Å². The molecule has 1 aliphatic rings. The van der Waals surface area contributed by atoms with Crippen LogP contribution in [0.4, 0.5) is 5.69 Å². The van der Waals surface area contributed by atoms with Crippen LogP contribution < -0.4 is 0 Å². The number of aryl methyl sites for hydroxylation is 1. The normalized spacial score (nSPS) is 15.0. The zero-order valence-corrected chi connectivity index (χ0v) is 12.0. The molecule has 1 aromatic rings. The highest BCUT2D eigenvalue weighted by atomic mass is 16.6. The van der Waals surface area contributed by atoms with Crippen molar-refractivity contribution >= 4 is 17.5 Å². The van der Waals surface area contributed by atoms with Gasteiger partial charge in [-0.25, -0.2) is 0 Å². The number of carbonyl (C=O) groups excluding carboxylic acids is 2. The van der Waals surface area contributed by atoms with Crippen molar-refractivity contribution in [1.29, 1.82) is 0 Å². The SMILES string of the molecule is CC(=O)N1CCN(C(=O)c2cc([N+](=O)[O-])ccc2C)CC1. The Labute approximate surface area is 122 Å². The van der Waals surface area contributed by atoms with Gasteiger partial charge in [-0.3, -0.25) is 19.7 Å². The van der Waals surface area contributed by atoms with Crippen molar-refractivity contribution in [2.24, 2.45) is 0 Å². The lowest BCUT2D eigenvalue weighted by molar-refractivity contribution is -0.384. The van der Waals surface area contributed by atoms with Crippen LogP contribution in [-0.2, 0) is 4.79 Å². The van der Waals surface area contributed by atoms with E-state index in [4.69, 9.17) is 0 Å². The second-order valence-corrected chi connectivity index (χ2v) is 5.05. The largest absolute Gasteiger partial charge is 0.339 e. The number of non-ortho nitro benzene ring substituents is 1. The van der Waals surface area contributed by atoms with Crippen molar-refractivity contribution < 1.29 is 14.5 Å². The highest BCUT2D eigenvalue weighted by Gasteiger charge is 2.25. The van der Waals surface area contributed by atoms with Gasteiger partial charge in [-0.1, -0.05) is 6.07 Å². The molecule has 1 fully saturated rings. The Morgan fingerprint density at radius 2 is 1.71 bits per heavy atom. The quantitative estimate of drug-likeness (QED) is 0.605.